The molecular weight excluding hydrogens is 549 g/mol. The van der Waals surface area contributed by atoms with Crippen LogP contribution in [-0.2, 0) is 21.9 Å². The number of sulfonamides is 1. The molecule has 0 aliphatic carbocycles. The fourth-order valence-corrected chi connectivity index (χ4v) is 5.80. The topological polar surface area (TPSA) is 106 Å². The van der Waals surface area contributed by atoms with E-state index in [-0.39, 0.29) is 10.6 Å². The van der Waals surface area contributed by atoms with Crippen molar-refractivity contribution in [3.8, 4) is 5.69 Å². The minimum absolute atomic E-state index is 0.0759. The third kappa shape index (κ3) is 5.38. The van der Waals surface area contributed by atoms with E-state index in [2.05, 4.69) is 10.5 Å². The Morgan fingerprint density at radius 3 is 2.16 bits per heavy atom. The minimum atomic E-state index is -4.32. The molecule has 0 atom stereocenters. The van der Waals surface area contributed by atoms with Gasteiger partial charge in [-0.1, -0.05) is 65.7 Å². The highest BCUT2D eigenvalue weighted by molar-refractivity contribution is 7.92. The Morgan fingerprint density at radius 1 is 0.974 bits per heavy atom. The van der Waals surface area contributed by atoms with Gasteiger partial charge in [-0.2, -0.15) is 5.10 Å². The smallest absolute Gasteiger partial charge is 0.283 e. The Hall–Kier alpha value is -3.86. The van der Waals surface area contributed by atoms with Crippen LogP contribution in [0, 0.1) is 6.92 Å². The summed E-state index contributed by atoms with van der Waals surface area (Å²) in [6, 6.07) is 21.2. The van der Waals surface area contributed by atoms with E-state index in [1.54, 1.807) is 80.7 Å². The van der Waals surface area contributed by atoms with Gasteiger partial charge in [0, 0.05) is 12.6 Å². The largest absolute Gasteiger partial charge is 0.296 e. The highest BCUT2D eigenvalue weighted by Gasteiger charge is 2.33. The molecule has 4 aromatic rings. The number of amides is 1. The minimum Gasteiger partial charge on any atom is -0.283 e. The van der Waals surface area contributed by atoms with E-state index in [1.807, 2.05) is 0 Å². The predicted molar refractivity (Wildman–Crippen MR) is 149 cm³/mol. The first-order valence-corrected chi connectivity index (χ1v) is 13.5. The van der Waals surface area contributed by atoms with Crippen molar-refractivity contribution in [2.45, 2.75) is 11.8 Å². The molecule has 0 fully saturated rings. The van der Waals surface area contributed by atoms with Gasteiger partial charge in [0.1, 0.15) is 12.2 Å². The van der Waals surface area contributed by atoms with Gasteiger partial charge in [-0.05, 0) is 43.3 Å². The number of nitrogens with one attached hydrogen (secondary N) is 1. The summed E-state index contributed by atoms with van der Waals surface area (Å²) in [4.78, 5) is 26.5. The quantitative estimate of drug-likeness (QED) is 0.253. The van der Waals surface area contributed by atoms with Crippen molar-refractivity contribution in [1.29, 1.82) is 0 Å². The van der Waals surface area contributed by atoms with Crippen LogP contribution in [0.15, 0.2) is 93.7 Å². The number of aromatic nitrogens is 2. The second-order valence-electron chi connectivity index (χ2n) is 8.16. The number of halogens is 2. The average Bonchev–Trinajstić information content (AvgIpc) is 3.12. The molecule has 0 spiro atoms. The lowest BCUT2D eigenvalue weighted by Crippen LogP contribution is -2.42. The molecule has 0 saturated heterocycles. The highest BCUT2D eigenvalue weighted by Crippen LogP contribution is 2.25. The van der Waals surface area contributed by atoms with Gasteiger partial charge in [0.15, 0.2) is 0 Å². The van der Waals surface area contributed by atoms with Crippen molar-refractivity contribution < 1.29 is 13.2 Å². The molecule has 196 valence electrons. The van der Waals surface area contributed by atoms with Gasteiger partial charge in [0.25, 0.3) is 21.5 Å². The van der Waals surface area contributed by atoms with Crippen LogP contribution >= 0.6 is 23.2 Å². The Morgan fingerprint density at radius 2 is 1.55 bits per heavy atom. The maximum atomic E-state index is 13.7. The summed E-state index contributed by atoms with van der Waals surface area (Å²) in [7, 11) is -2.68. The van der Waals surface area contributed by atoms with E-state index in [0.29, 0.717) is 27.0 Å². The second kappa shape index (κ2) is 11.3. The van der Waals surface area contributed by atoms with E-state index in [9.17, 15) is 18.0 Å². The summed E-state index contributed by atoms with van der Waals surface area (Å²) in [6.07, 6.45) is 1.26. The number of carbonyl (C=O) groups excluding carboxylic acids is 1. The Labute approximate surface area is 229 Å². The number of benzene rings is 3. The van der Waals surface area contributed by atoms with E-state index >= 15 is 0 Å². The summed E-state index contributed by atoms with van der Waals surface area (Å²) in [6.45, 7) is 0.902. The zero-order valence-electron chi connectivity index (χ0n) is 20.4. The molecule has 0 saturated carbocycles. The van der Waals surface area contributed by atoms with Crippen molar-refractivity contribution >= 4 is 51.0 Å². The predicted octanol–water partition coefficient (Wildman–Crippen LogP) is 4.14. The number of rotatable bonds is 8. The highest BCUT2D eigenvalue weighted by atomic mass is 35.5. The van der Waals surface area contributed by atoms with Crippen LogP contribution in [0.1, 0.15) is 11.3 Å². The molecule has 0 aliphatic rings. The summed E-state index contributed by atoms with van der Waals surface area (Å²) < 4.78 is 31.1. The lowest BCUT2D eigenvalue weighted by Gasteiger charge is -2.22. The summed E-state index contributed by atoms with van der Waals surface area (Å²) in [5.74, 6) is -0.780. The SMILES string of the molecule is Cc1c(N(CC(=O)N/N=C\c2c(Cl)cccc2Cl)S(=O)(=O)c2ccccc2)c(=O)n(-c2ccccc2)n1C. The van der Waals surface area contributed by atoms with Gasteiger partial charge in [-0.15, -0.1) is 0 Å². The van der Waals surface area contributed by atoms with Crippen LogP contribution in [0.2, 0.25) is 10.0 Å². The molecule has 0 radical (unpaired) electrons. The number of hydrogen-bond donors (Lipinski definition) is 1. The number of nitrogens with zero attached hydrogens (tertiary/aromatic N) is 4. The monoisotopic (exact) mass is 571 g/mol. The molecule has 4 rings (SSSR count). The van der Waals surface area contributed by atoms with E-state index in [4.69, 9.17) is 23.2 Å². The first kappa shape index (κ1) is 27.2. The Balaban J connectivity index is 1.75. The standard InChI is InChI=1S/C26H23Cl2N5O4S/c1-18-25(26(35)33(31(18)2)19-10-5-3-6-11-19)32(38(36,37)20-12-7-4-8-13-20)17-24(34)30-29-16-21-22(27)14-9-15-23(21)28/h3-16H,17H2,1-2H3,(H,30,34)/b29-16-. The van der Waals surface area contributed by atoms with Crippen molar-refractivity contribution in [2.75, 3.05) is 10.8 Å². The first-order chi connectivity index (χ1) is 18.1. The van der Waals surface area contributed by atoms with Crippen LogP contribution in [0.3, 0.4) is 0 Å². The average molecular weight is 572 g/mol. The van der Waals surface area contributed by atoms with Gasteiger partial charge >= 0.3 is 0 Å². The Bertz CT molecular complexity index is 1650. The molecule has 38 heavy (non-hydrogen) atoms. The third-order valence-corrected chi connectivity index (χ3v) is 8.19. The number of hydrazone groups is 1. The zero-order valence-corrected chi connectivity index (χ0v) is 22.7. The molecule has 9 nitrogen and oxygen atoms in total. The first-order valence-electron chi connectivity index (χ1n) is 11.3. The Kier molecular flexibility index (Phi) is 8.05. The van der Waals surface area contributed by atoms with Crippen LogP contribution < -0.4 is 15.3 Å². The van der Waals surface area contributed by atoms with Gasteiger partial charge in [-0.25, -0.2) is 22.8 Å². The summed E-state index contributed by atoms with van der Waals surface area (Å²) >= 11 is 12.2. The van der Waals surface area contributed by atoms with Crippen molar-refractivity contribution in [3.05, 3.63) is 111 Å². The molecule has 0 bridgehead atoms. The molecule has 0 unspecified atom stereocenters. The molecule has 1 heterocycles. The third-order valence-electron chi connectivity index (χ3n) is 5.77. The number of carbonyl (C=O) groups is 1. The summed E-state index contributed by atoms with van der Waals surface area (Å²) in [5.41, 5.74) is 2.80. The summed E-state index contributed by atoms with van der Waals surface area (Å²) in [5, 5.41) is 4.52. The van der Waals surface area contributed by atoms with Gasteiger partial charge in [0.05, 0.1) is 32.5 Å². The molecule has 3 aromatic carbocycles. The lowest BCUT2D eigenvalue weighted by atomic mass is 10.2. The number of para-hydroxylation sites is 1. The maximum absolute atomic E-state index is 13.7. The van der Waals surface area contributed by atoms with Crippen LogP contribution in [-0.4, -0.2) is 36.4 Å². The number of hydrogen-bond acceptors (Lipinski definition) is 5. The zero-order chi connectivity index (χ0) is 27.4. The number of anilines is 1. The fourth-order valence-electron chi connectivity index (χ4n) is 3.81. The van der Waals surface area contributed by atoms with Crippen LogP contribution in [0.25, 0.3) is 5.69 Å². The fraction of sp³-hybridized carbons (Fsp3) is 0.115. The van der Waals surface area contributed by atoms with Gasteiger partial charge < -0.3 is 0 Å². The second-order valence-corrected chi connectivity index (χ2v) is 10.8. The van der Waals surface area contributed by atoms with Gasteiger partial charge in [0.2, 0.25) is 0 Å². The molecule has 12 heteroatoms. The molecule has 1 amide bonds. The van der Waals surface area contributed by atoms with E-state index in [1.165, 1.54) is 27.7 Å². The lowest BCUT2D eigenvalue weighted by molar-refractivity contribution is -0.119. The van der Waals surface area contributed by atoms with E-state index in [0.717, 1.165) is 4.31 Å². The maximum Gasteiger partial charge on any atom is 0.296 e. The molecular formula is C26H23Cl2N5O4S. The van der Waals surface area contributed by atoms with Crippen LogP contribution in [0.4, 0.5) is 5.69 Å². The van der Waals surface area contributed by atoms with Crippen molar-refractivity contribution in [1.82, 2.24) is 14.8 Å². The van der Waals surface area contributed by atoms with Gasteiger partial charge in [-0.3, -0.25) is 14.3 Å². The molecule has 1 aromatic heterocycles. The van der Waals surface area contributed by atoms with Crippen molar-refractivity contribution in [3.63, 3.8) is 0 Å². The van der Waals surface area contributed by atoms with Crippen LogP contribution in [0.5, 0.6) is 0 Å². The van der Waals surface area contributed by atoms with Crippen molar-refractivity contribution in [2.24, 2.45) is 12.1 Å². The molecule has 1 N–H and O–H groups in total. The normalized spacial score (nSPS) is 11.6. The molecule has 0 aliphatic heterocycles. The van der Waals surface area contributed by atoms with E-state index < -0.39 is 28.0 Å².